The summed E-state index contributed by atoms with van der Waals surface area (Å²) in [6.45, 7) is 7.85. The Kier molecular flexibility index (Phi) is 8.46. The molecule has 0 heterocycles. The number of nitrogens with two attached hydrogens (primary N) is 1. The Labute approximate surface area is 83.5 Å². The molecule has 0 radical (unpaired) electrons. The van der Waals surface area contributed by atoms with Gasteiger partial charge in [-0.15, -0.1) is 0 Å². The average Bonchev–Trinajstić information content (AvgIpc) is 2.04. The molecule has 2 N–H and O–H groups in total. The summed E-state index contributed by atoms with van der Waals surface area (Å²) in [5, 5.41) is 0. The van der Waals surface area contributed by atoms with Gasteiger partial charge in [0, 0.05) is 0 Å². The first kappa shape index (κ1) is 12.9. The van der Waals surface area contributed by atoms with Gasteiger partial charge in [0.15, 0.2) is 0 Å². The fraction of sp³-hybridized carbons (Fsp3) is 1.00. The zero-order valence-electron chi connectivity index (χ0n) is 9.55. The molecule has 0 unspecified atom stereocenters. The van der Waals surface area contributed by atoms with Crippen LogP contribution in [0.2, 0.25) is 0 Å². The third-order valence-corrected chi connectivity index (χ3v) is 2.32. The number of rotatable bonds is 8. The SMILES string of the molecule is CC(C)CCCN(C)CCCCN. The van der Waals surface area contributed by atoms with Gasteiger partial charge in [-0.2, -0.15) is 0 Å². The normalized spacial score (nSPS) is 11.5. The quantitative estimate of drug-likeness (QED) is 0.588. The molecule has 0 aliphatic carbocycles. The second kappa shape index (κ2) is 8.52. The summed E-state index contributed by atoms with van der Waals surface area (Å²) in [6.07, 6.45) is 5.08. The zero-order valence-corrected chi connectivity index (χ0v) is 9.55. The van der Waals surface area contributed by atoms with Crippen LogP contribution in [0, 0.1) is 5.92 Å². The van der Waals surface area contributed by atoms with Gasteiger partial charge in [-0.1, -0.05) is 13.8 Å². The number of hydrogen-bond donors (Lipinski definition) is 1. The molecule has 80 valence electrons. The average molecular weight is 186 g/mol. The summed E-state index contributed by atoms with van der Waals surface area (Å²) < 4.78 is 0. The van der Waals surface area contributed by atoms with Crippen molar-refractivity contribution < 1.29 is 0 Å². The molecule has 0 aromatic rings. The number of nitrogens with zero attached hydrogens (tertiary/aromatic N) is 1. The molecular weight excluding hydrogens is 160 g/mol. The van der Waals surface area contributed by atoms with Crippen molar-refractivity contribution in [2.75, 3.05) is 26.7 Å². The van der Waals surface area contributed by atoms with Crippen LogP contribution in [0.15, 0.2) is 0 Å². The molecule has 2 nitrogen and oxygen atoms in total. The predicted octanol–water partition coefficient (Wildman–Crippen LogP) is 2.09. The summed E-state index contributed by atoms with van der Waals surface area (Å²) in [5.74, 6) is 0.845. The Morgan fingerprint density at radius 3 is 2.23 bits per heavy atom. The Bertz CT molecular complexity index is 102. The van der Waals surface area contributed by atoms with Crippen molar-refractivity contribution in [3.63, 3.8) is 0 Å². The summed E-state index contributed by atoms with van der Waals surface area (Å²) in [7, 11) is 2.21. The number of hydrogen-bond acceptors (Lipinski definition) is 2. The highest BCUT2D eigenvalue weighted by Crippen LogP contribution is 2.04. The number of unbranched alkanes of at least 4 members (excludes halogenated alkanes) is 1. The van der Waals surface area contributed by atoms with E-state index in [0.29, 0.717) is 0 Å². The van der Waals surface area contributed by atoms with Crippen molar-refractivity contribution in [3.8, 4) is 0 Å². The maximum Gasteiger partial charge on any atom is -0.00213 e. The molecule has 13 heavy (non-hydrogen) atoms. The smallest absolute Gasteiger partial charge is 0.00213 e. The molecule has 0 aromatic heterocycles. The van der Waals surface area contributed by atoms with E-state index in [1.807, 2.05) is 0 Å². The molecule has 0 amide bonds. The van der Waals surface area contributed by atoms with Crippen molar-refractivity contribution in [1.29, 1.82) is 0 Å². The molecule has 0 rings (SSSR count). The van der Waals surface area contributed by atoms with Crippen LogP contribution in [0.1, 0.15) is 39.5 Å². The van der Waals surface area contributed by atoms with Gasteiger partial charge in [0.2, 0.25) is 0 Å². The van der Waals surface area contributed by atoms with E-state index >= 15 is 0 Å². The molecule has 0 bridgehead atoms. The van der Waals surface area contributed by atoms with Crippen LogP contribution in [-0.2, 0) is 0 Å². The molecule has 0 atom stereocenters. The Balaban J connectivity index is 3.15. The van der Waals surface area contributed by atoms with E-state index < -0.39 is 0 Å². The topological polar surface area (TPSA) is 29.3 Å². The lowest BCUT2D eigenvalue weighted by molar-refractivity contribution is 0.311. The molecule has 0 spiro atoms. The molecule has 0 aliphatic heterocycles. The highest BCUT2D eigenvalue weighted by Gasteiger charge is 1.98. The van der Waals surface area contributed by atoms with Gasteiger partial charge in [0.05, 0.1) is 0 Å². The van der Waals surface area contributed by atoms with Gasteiger partial charge in [0.1, 0.15) is 0 Å². The third-order valence-electron chi connectivity index (χ3n) is 2.32. The van der Waals surface area contributed by atoms with Gasteiger partial charge in [-0.3, -0.25) is 0 Å². The standard InChI is InChI=1S/C11H26N2/c1-11(2)7-6-10-13(3)9-5-4-8-12/h11H,4-10,12H2,1-3H3. The fourth-order valence-electron chi connectivity index (χ4n) is 1.41. The van der Waals surface area contributed by atoms with Crippen LogP contribution in [0.25, 0.3) is 0 Å². The first-order valence-corrected chi connectivity index (χ1v) is 5.55. The van der Waals surface area contributed by atoms with E-state index in [1.54, 1.807) is 0 Å². The van der Waals surface area contributed by atoms with E-state index in [2.05, 4.69) is 25.8 Å². The summed E-state index contributed by atoms with van der Waals surface area (Å²) in [5.41, 5.74) is 5.44. The Hall–Kier alpha value is -0.0800. The van der Waals surface area contributed by atoms with E-state index in [0.717, 1.165) is 18.9 Å². The van der Waals surface area contributed by atoms with Crippen molar-refractivity contribution >= 4 is 0 Å². The van der Waals surface area contributed by atoms with Crippen LogP contribution in [0.3, 0.4) is 0 Å². The van der Waals surface area contributed by atoms with Crippen LogP contribution < -0.4 is 5.73 Å². The molecule has 0 fully saturated rings. The van der Waals surface area contributed by atoms with E-state index in [1.165, 1.54) is 32.4 Å². The molecule has 0 aromatic carbocycles. The molecular formula is C11H26N2. The molecule has 0 aliphatic rings. The van der Waals surface area contributed by atoms with Crippen LogP contribution >= 0.6 is 0 Å². The van der Waals surface area contributed by atoms with E-state index in [4.69, 9.17) is 5.73 Å². The highest BCUT2D eigenvalue weighted by atomic mass is 15.1. The summed E-state index contributed by atoms with van der Waals surface area (Å²) >= 11 is 0. The first-order valence-electron chi connectivity index (χ1n) is 5.55. The minimum Gasteiger partial charge on any atom is -0.330 e. The Morgan fingerprint density at radius 1 is 1.08 bits per heavy atom. The van der Waals surface area contributed by atoms with Crippen LogP contribution in [0.5, 0.6) is 0 Å². The summed E-state index contributed by atoms with van der Waals surface area (Å²) in [6, 6.07) is 0. The zero-order chi connectivity index (χ0) is 10.1. The molecule has 0 saturated carbocycles. The second-order valence-corrected chi connectivity index (χ2v) is 4.34. The lowest BCUT2D eigenvalue weighted by Gasteiger charge is -2.16. The predicted molar refractivity (Wildman–Crippen MR) is 59.9 cm³/mol. The molecule has 0 saturated heterocycles. The highest BCUT2D eigenvalue weighted by molar-refractivity contribution is 4.54. The summed E-state index contributed by atoms with van der Waals surface area (Å²) in [4.78, 5) is 2.41. The maximum atomic E-state index is 5.44. The minimum absolute atomic E-state index is 0.833. The van der Waals surface area contributed by atoms with Crippen molar-refractivity contribution in [2.45, 2.75) is 39.5 Å². The third kappa shape index (κ3) is 9.84. The van der Waals surface area contributed by atoms with Gasteiger partial charge in [-0.05, 0) is 58.3 Å². The van der Waals surface area contributed by atoms with E-state index in [9.17, 15) is 0 Å². The molecule has 2 heteroatoms. The maximum absolute atomic E-state index is 5.44. The largest absolute Gasteiger partial charge is 0.330 e. The van der Waals surface area contributed by atoms with E-state index in [-0.39, 0.29) is 0 Å². The fourth-order valence-corrected chi connectivity index (χ4v) is 1.41. The van der Waals surface area contributed by atoms with Gasteiger partial charge in [0.25, 0.3) is 0 Å². The van der Waals surface area contributed by atoms with Gasteiger partial charge in [-0.25, -0.2) is 0 Å². The van der Waals surface area contributed by atoms with Crippen molar-refractivity contribution in [3.05, 3.63) is 0 Å². The van der Waals surface area contributed by atoms with Crippen LogP contribution in [-0.4, -0.2) is 31.6 Å². The second-order valence-electron chi connectivity index (χ2n) is 4.34. The van der Waals surface area contributed by atoms with Crippen LogP contribution in [0.4, 0.5) is 0 Å². The lowest BCUT2D eigenvalue weighted by Crippen LogP contribution is -2.21. The van der Waals surface area contributed by atoms with Gasteiger partial charge < -0.3 is 10.6 Å². The lowest BCUT2D eigenvalue weighted by atomic mass is 10.1. The van der Waals surface area contributed by atoms with Gasteiger partial charge >= 0.3 is 0 Å². The Morgan fingerprint density at radius 2 is 1.69 bits per heavy atom. The van der Waals surface area contributed by atoms with Crippen molar-refractivity contribution in [2.24, 2.45) is 11.7 Å². The minimum atomic E-state index is 0.833. The first-order chi connectivity index (χ1) is 6.16. The van der Waals surface area contributed by atoms with Crippen molar-refractivity contribution in [1.82, 2.24) is 4.90 Å². The monoisotopic (exact) mass is 186 g/mol.